The van der Waals surface area contributed by atoms with Crippen molar-refractivity contribution in [2.75, 3.05) is 0 Å². The van der Waals surface area contributed by atoms with Crippen LogP contribution in [0.25, 0.3) is 0 Å². The number of hydrogen-bond donors (Lipinski definition) is 1. The quantitative estimate of drug-likeness (QED) is 0.749. The highest BCUT2D eigenvalue weighted by molar-refractivity contribution is 5.75. The van der Waals surface area contributed by atoms with Crippen LogP contribution < -0.4 is 0 Å². The number of rotatable bonds is 2. The molecule has 2 fully saturated rings. The topological polar surface area (TPSA) is 37.3 Å². The van der Waals surface area contributed by atoms with Crippen LogP contribution in [0.15, 0.2) is 0 Å². The molecule has 0 radical (unpaired) electrons. The van der Waals surface area contributed by atoms with Crippen LogP contribution in [0.3, 0.4) is 0 Å². The van der Waals surface area contributed by atoms with Crippen LogP contribution in [-0.2, 0) is 4.79 Å². The lowest BCUT2D eigenvalue weighted by Gasteiger charge is -2.39. The van der Waals surface area contributed by atoms with E-state index in [1.165, 1.54) is 51.4 Å². The first kappa shape index (κ1) is 14.9. The summed E-state index contributed by atoms with van der Waals surface area (Å²) in [4.78, 5) is 12.0. The van der Waals surface area contributed by atoms with Crippen LogP contribution in [0.5, 0.6) is 0 Å². The van der Waals surface area contributed by atoms with E-state index < -0.39 is 5.97 Å². The first-order valence-corrected chi connectivity index (χ1v) is 8.49. The van der Waals surface area contributed by atoms with Gasteiger partial charge in [-0.2, -0.15) is 0 Å². The highest BCUT2D eigenvalue weighted by Gasteiger charge is 2.44. The molecular formula is C17H30O2. The standard InChI is InChI=1S/C17H30O2/c18-16(19)17(13-9-5-2-6-10-14-17)15-11-7-3-1-4-8-12-15/h15H,1-14H2,(H,18,19). The highest BCUT2D eigenvalue weighted by atomic mass is 16.4. The van der Waals surface area contributed by atoms with Crippen molar-refractivity contribution >= 4 is 5.97 Å². The molecule has 2 saturated carbocycles. The second-order valence-corrected chi connectivity index (χ2v) is 6.77. The van der Waals surface area contributed by atoms with Gasteiger partial charge in [-0.15, -0.1) is 0 Å². The Morgan fingerprint density at radius 1 is 0.737 bits per heavy atom. The monoisotopic (exact) mass is 266 g/mol. The molecule has 0 aromatic rings. The van der Waals surface area contributed by atoms with Gasteiger partial charge in [-0.3, -0.25) is 4.79 Å². The number of hydrogen-bond acceptors (Lipinski definition) is 1. The second-order valence-electron chi connectivity index (χ2n) is 6.77. The van der Waals surface area contributed by atoms with Gasteiger partial charge in [-0.05, 0) is 31.6 Å². The van der Waals surface area contributed by atoms with Crippen LogP contribution in [0.4, 0.5) is 0 Å². The van der Waals surface area contributed by atoms with Crippen molar-refractivity contribution in [3.63, 3.8) is 0 Å². The van der Waals surface area contributed by atoms with Crippen molar-refractivity contribution in [2.45, 2.75) is 89.9 Å². The van der Waals surface area contributed by atoms with Gasteiger partial charge < -0.3 is 5.11 Å². The minimum Gasteiger partial charge on any atom is -0.481 e. The van der Waals surface area contributed by atoms with Gasteiger partial charge >= 0.3 is 5.97 Å². The van der Waals surface area contributed by atoms with E-state index in [4.69, 9.17) is 0 Å². The number of aliphatic carboxylic acids is 1. The molecule has 110 valence electrons. The summed E-state index contributed by atoms with van der Waals surface area (Å²) in [5, 5.41) is 9.92. The molecule has 2 rings (SSSR count). The van der Waals surface area contributed by atoms with Gasteiger partial charge in [0.25, 0.3) is 0 Å². The summed E-state index contributed by atoms with van der Waals surface area (Å²) in [6.45, 7) is 0. The normalized spacial score (nSPS) is 26.7. The Morgan fingerprint density at radius 3 is 1.63 bits per heavy atom. The van der Waals surface area contributed by atoms with E-state index in [1.54, 1.807) is 0 Å². The first-order valence-electron chi connectivity index (χ1n) is 8.49. The third-order valence-electron chi connectivity index (χ3n) is 5.56. The Hall–Kier alpha value is -0.530. The number of carbonyl (C=O) groups is 1. The van der Waals surface area contributed by atoms with E-state index in [2.05, 4.69) is 0 Å². The molecule has 0 aromatic heterocycles. The van der Waals surface area contributed by atoms with Crippen LogP contribution in [0.2, 0.25) is 0 Å². The maximum absolute atomic E-state index is 12.0. The van der Waals surface area contributed by atoms with E-state index >= 15 is 0 Å². The molecule has 0 unspecified atom stereocenters. The SMILES string of the molecule is O=C(O)C1(C2CCCCCCC2)CCCCCCC1. The minimum absolute atomic E-state index is 0.377. The fourth-order valence-electron chi connectivity index (χ4n) is 4.34. The van der Waals surface area contributed by atoms with E-state index in [1.807, 2.05) is 0 Å². The zero-order chi connectivity index (χ0) is 13.6. The Morgan fingerprint density at radius 2 is 1.16 bits per heavy atom. The minimum atomic E-state index is -0.486. The molecule has 2 nitrogen and oxygen atoms in total. The average molecular weight is 266 g/mol. The van der Waals surface area contributed by atoms with Crippen molar-refractivity contribution in [3.05, 3.63) is 0 Å². The van der Waals surface area contributed by atoms with Crippen molar-refractivity contribution in [3.8, 4) is 0 Å². The largest absolute Gasteiger partial charge is 0.481 e. The Bertz CT molecular complexity index is 269. The van der Waals surface area contributed by atoms with Crippen LogP contribution in [-0.4, -0.2) is 11.1 Å². The van der Waals surface area contributed by atoms with Gasteiger partial charge in [0.15, 0.2) is 0 Å². The molecule has 0 atom stereocenters. The highest BCUT2D eigenvalue weighted by Crippen LogP contribution is 2.46. The van der Waals surface area contributed by atoms with E-state index in [0.717, 1.165) is 38.5 Å². The molecule has 1 N–H and O–H groups in total. The van der Waals surface area contributed by atoms with Gasteiger partial charge in [0.2, 0.25) is 0 Å². The summed E-state index contributed by atoms with van der Waals surface area (Å²) in [6.07, 6.45) is 16.7. The molecule has 0 spiro atoms. The van der Waals surface area contributed by atoms with Crippen molar-refractivity contribution in [1.82, 2.24) is 0 Å². The molecule has 0 aliphatic heterocycles. The molecule has 2 heteroatoms. The van der Waals surface area contributed by atoms with E-state index in [-0.39, 0.29) is 5.41 Å². The molecule has 2 aliphatic carbocycles. The number of carboxylic acid groups (broad SMARTS) is 1. The van der Waals surface area contributed by atoms with Crippen LogP contribution >= 0.6 is 0 Å². The van der Waals surface area contributed by atoms with Crippen LogP contribution in [0.1, 0.15) is 89.9 Å². The van der Waals surface area contributed by atoms with Gasteiger partial charge in [-0.25, -0.2) is 0 Å². The lowest BCUT2D eigenvalue weighted by Crippen LogP contribution is -2.39. The Balaban J connectivity index is 2.12. The first-order chi connectivity index (χ1) is 9.26. The van der Waals surface area contributed by atoms with Crippen molar-refractivity contribution in [2.24, 2.45) is 11.3 Å². The molecule has 0 aromatic carbocycles. The summed E-state index contributed by atoms with van der Waals surface area (Å²) in [5.41, 5.74) is -0.377. The predicted molar refractivity (Wildman–Crippen MR) is 78.2 cm³/mol. The third-order valence-corrected chi connectivity index (χ3v) is 5.56. The van der Waals surface area contributed by atoms with Crippen molar-refractivity contribution < 1.29 is 9.90 Å². The smallest absolute Gasteiger partial charge is 0.309 e. The van der Waals surface area contributed by atoms with Crippen LogP contribution in [0, 0.1) is 11.3 Å². The molecule has 2 aliphatic rings. The molecular weight excluding hydrogens is 236 g/mol. The maximum Gasteiger partial charge on any atom is 0.309 e. The van der Waals surface area contributed by atoms with E-state index in [9.17, 15) is 9.90 Å². The summed E-state index contributed by atoms with van der Waals surface area (Å²) >= 11 is 0. The molecule has 0 bridgehead atoms. The zero-order valence-electron chi connectivity index (χ0n) is 12.3. The van der Waals surface area contributed by atoms with Crippen molar-refractivity contribution in [1.29, 1.82) is 0 Å². The molecule has 0 saturated heterocycles. The Kier molecular flexibility index (Phi) is 5.72. The lowest BCUT2D eigenvalue weighted by molar-refractivity contribution is -0.155. The number of carboxylic acids is 1. The summed E-state index contributed by atoms with van der Waals surface area (Å²) in [6, 6.07) is 0. The molecule has 0 amide bonds. The van der Waals surface area contributed by atoms with E-state index in [0.29, 0.717) is 5.92 Å². The predicted octanol–water partition coefficient (Wildman–Crippen LogP) is 5.16. The summed E-state index contributed by atoms with van der Waals surface area (Å²) in [5.74, 6) is -0.0385. The maximum atomic E-state index is 12.0. The fraction of sp³-hybridized carbons (Fsp3) is 0.941. The zero-order valence-corrected chi connectivity index (χ0v) is 12.3. The third kappa shape index (κ3) is 3.73. The fourth-order valence-corrected chi connectivity index (χ4v) is 4.34. The molecule has 0 heterocycles. The van der Waals surface area contributed by atoms with Gasteiger partial charge in [0.05, 0.1) is 5.41 Å². The second kappa shape index (κ2) is 7.31. The summed E-state index contributed by atoms with van der Waals surface area (Å²) < 4.78 is 0. The van der Waals surface area contributed by atoms with Gasteiger partial charge in [-0.1, -0.05) is 64.2 Å². The Labute approximate surface area is 118 Å². The average Bonchev–Trinajstić information content (AvgIpc) is 2.29. The molecule has 19 heavy (non-hydrogen) atoms. The summed E-state index contributed by atoms with van der Waals surface area (Å²) in [7, 11) is 0. The van der Waals surface area contributed by atoms with Gasteiger partial charge in [0.1, 0.15) is 0 Å². The lowest BCUT2D eigenvalue weighted by atomic mass is 9.64. The van der Waals surface area contributed by atoms with Gasteiger partial charge in [0, 0.05) is 0 Å².